The summed E-state index contributed by atoms with van der Waals surface area (Å²) in [5.74, 6) is 0.698. The molecule has 4 aromatic carbocycles. The number of oxime groups is 1. The molecule has 0 aliphatic carbocycles. The fraction of sp³-hybridized carbons (Fsp3) is 0.152. The molecule has 0 radical (unpaired) electrons. The van der Waals surface area contributed by atoms with Crippen molar-refractivity contribution < 1.29 is 26.4 Å². The number of nitrogens with zero attached hydrogens (tertiary/aromatic N) is 3. The second-order valence-electron chi connectivity index (χ2n) is 9.86. The summed E-state index contributed by atoms with van der Waals surface area (Å²) in [6.07, 6.45) is 2.97. The first-order chi connectivity index (χ1) is 21.3. The molecule has 11 heteroatoms. The van der Waals surface area contributed by atoms with Gasteiger partial charge in [-0.25, -0.2) is 16.8 Å². The topological polar surface area (TPSA) is 115 Å². The molecule has 44 heavy (non-hydrogen) atoms. The van der Waals surface area contributed by atoms with Crippen molar-refractivity contribution >= 4 is 37.2 Å². The molecular weight excluding hydrogens is 599 g/mol. The van der Waals surface area contributed by atoms with Gasteiger partial charge in [-0.3, -0.25) is 4.98 Å². The Morgan fingerprint density at radius 3 is 2.00 bits per heavy atom. The van der Waals surface area contributed by atoms with Gasteiger partial charge in [0.25, 0.3) is 20.0 Å². The maximum atomic E-state index is 13.9. The van der Waals surface area contributed by atoms with E-state index in [0.717, 1.165) is 16.5 Å². The number of para-hydroxylation sites is 1. The van der Waals surface area contributed by atoms with Gasteiger partial charge in [0.2, 0.25) is 0 Å². The van der Waals surface area contributed by atoms with Crippen molar-refractivity contribution in [3.05, 3.63) is 133 Å². The first-order valence-corrected chi connectivity index (χ1v) is 16.7. The number of hydrogen-bond acceptors (Lipinski definition) is 8. The van der Waals surface area contributed by atoms with Crippen LogP contribution >= 0.6 is 0 Å². The number of methoxy groups -OCH3 is 1. The molecule has 1 heterocycles. The Balaban J connectivity index is 1.50. The number of ether oxygens (including phenoxy) is 1. The van der Waals surface area contributed by atoms with E-state index < -0.39 is 32.7 Å². The van der Waals surface area contributed by atoms with Crippen LogP contribution in [0.4, 0.5) is 0 Å². The number of aromatic nitrogens is 1. The van der Waals surface area contributed by atoms with Gasteiger partial charge in [-0.05, 0) is 60.9 Å². The number of aryl methyl sites for hydroxylation is 1. The molecule has 1 aromatic heterocycles. The van der Waals surface area contributed by atoms with Crippen LogP contribution in [0.5, 0.6) is 5.75 Å². The molecule has 0 aliphatic rings. The zero-order chi connectivity index (χ0) is 31.0. The molecule has 0 saturated carbocycles. The molecule has 1 unspecified atom stereocenters. The molecule has 9 nitrogen and oxygen atoms in total. The van der Waals surface area contributed by atoms with Crippen LogP contribution in [0, 0.1) is 0 Å². The molecule has 226 valence electrons. The summed E-state index contributed by atoms with van der Waals surface area (Å²) in [6, 6.07) is 31.8. The molecule has 0 fully saturated rings. The predicted octanol–water partition coefficient (Wildman–Crippen LogP) is 5.68. The van der Waals surface area contributed by atoms with Gasteiger partial charge >= 0.3 is 0 Å². The molecule has 0 aliphatic heterocycles. The van der Waals surface area contributed by atoms with Gasteiger partial charge in [0.1, 0.15) is 11.9 Å². The highest BCUT2D eigenvalue weighted by atomic mass is 32.3. The van der Waals surface area contributed by atoms with Gasteiger partial charge in [-0.1, -0.05) is 81.7 Å². The lowest BCUT2D eigenvalue weighted by Crippen LogP contribution is -2.42. The van der Waals surface area contributed by atoms with Crippen LogP contribution in [0.15, 0.2) is 136 Å². The van der Waals surface area contributed by atoms with Crippen LogP contribution in [-0.4, -0.2) is 51.5 Å². The minimum absolute atomic E-state index is 0.154. The fourth-order valence-electron chi connectivity index (χ4n) is 4.61. The van der Waals surface area contributed by atoms with Crippen LogP contribution in [0.25, 0.3) is 10.9 Å². The summed E-state index contributed by atoms with van der Waals surface area (Å²) in [5.41, 5.74) is 2.35. The highest BCUT2D eigenvalue weighted by molar-refractivity contribution is 8.04. The smallest absolute Gasteiger partial charge is 0.256 e. The van der Waals surface area contributed by atoms with E-state index in [1.165, 1.54) is 30.5 Å². The molecule has 0 amide bonds. The first kappa shape index (κ1) is 30.9. The van der Waals surface area contributed by atoms with E-state index in [9.17, 15) is 16.8 Å². The van der Waals surface area contributed by atoms with E-state index in [1.54, 1.807) is 49.7 Å². The second-order valence-corrected chi connectivity index (χ2v) is 13.8. The summed E-state index contributed by atoms with van der Waals surface area (Å²) in [6.45, 7) is -0.504. The van der Waals surface area contributed by atoms with Gasteiger partial charge in [0, 0.05) is 17.1 Å². The van der Waals surface area contributed by atoms with E-state index in [4.69, 9.17) is 9.57 Å². The number of hydrogen-bond donors (Lipinski definition) is 0. The van der Waals surface area contributed by atoms with Gasteiger partial charge in [0.15, 0.2) is 0 Å². The minimum atomic E-state index is -4.51. The zero-order valence-electron chi connectivity index (χ0n) is 23.9. The van der Waals surface area contributed by atoms with Crippen LogP contribution in [-0.2, 0) is 31.3 Å². The van der Waals surface area contributed by atoms with E-state index in [0.29, 0.717) is 21.4 Å². The highest BCUT2D eigenvalue weighted by Gasteiger charge is 2.38. The number of rotatable bonds is 13. The minimum Gasteiger partial charge on any atom is -0.497 e. The van der Waals surface area contributed by atoms with Crippen molar-refractivity contribution in [1.29, 1.82) is 0 Å². The summed E-state index contributed by atoms with van der Waals surface area (Å²) in [7, 11) is -7.45. The number of fused-ring (bicyclic) bond motifs is 1. The third-order valence-corrected chi connectivity index (χ3v) is 11.2. The van der Waals surface area contributed by atoms with Crippen molar-refractivity contribution in [1.82, 2.24) is 8.69 Å². The predicted molar refractivity (Wildman–Crippen MR) is 169 cm³/mol. The normalized spacial score (nSPS) is 12.9. The molecule has 0 spiro atoms. The quantitative estimate of drug-likeness (QED) is 0.122. The molecule has 0 bridgehead atoms. The van der Waals surface area contributed by atoms with Crippen molar-refractivity contribution in [3.63, 3.8) is 0 Å². The lowest BCUT2D eigenvalue weighted by atomic mass is 10.1. The summed E-state index contributed by atoms with van der Waals surface area (Å²) in [5, 5.41) is 5.11. The Kier molecular flexibility index (Phi) is 9.69. The second kappa shape index (κ2) is 13.8. The van der Waals surface area contributed by atoms with Gasteiger partial charge in [-0.15, -0.1) is 0 Å². The van der Waals surface area contributed by atoms with Crippen LogP contribution in [0.3, 0.4) is 0 Å². The molecule has 5 rings (SSSR count). The van der Waals surface area contributed by atoms with Crippen molar-refractivity contribution in [3.8, 4) is 5.75 Å². The Bertz CT molecular complexity index is 1860. The van der Waals surface area contributed by atoms with E-state index >= 15 is 0 Å². The standard InChI is InChI=1S/C33H31N3O6S2/c1-41-29-20-17-26(18-21-29)19-22-30(42-35-24-28-11-8-10-27-12-9-23-34-33(27)28)25-36(43(37,38)31-13-4-2-5-14-31)44(39,40)32-15-6-3-7-16-32/h2-18,20-21,23-24,30H,19,22,25H2,1H3/b35-24+. The lowest BCUT2D eigenvalue weighted by Gasteiger charge is -2.26. The van der Waals surface area contributed by atoms with Crippen molar-refractivity contribution in [2.75, 3.05) is 13.7 Å². The monoisotopic (exact) mass is 629 g/mol. The van der Waals surface area contributed by atoms with Gasteiger partial charge < -0.3 is 9.57 Å². The fourth-order valence-corrected chi connectivity index (χ4v) is 8.36. The molecule has 1 atom stereocenters. The van der Waals surface area contributed by atoms with Crippen molar-refractivity contribution in [2.24, 2.45) is 5.16 Å². The van der Waals surface area contributed by atoms with Crippen LogP contribution < -0.4 is 4.74 Å². The Hall–Kier alpha value is -4.58. The first-order valence-electron chi connectivity index (χ1n) is 13.8. The SMILES string of the molecule is COc1ccc(CCC(CN(S(=O)(=O)c2ccccc2)S(=O)(=O)c2ccccc2)O/N=C/c2cccc3cccnc23)cc1. The average Bonchev–Trinajstić information content (AvgIpc) is 3.06. The zero-order valence-corrected chi connectivity index (χ0v) is 25.6. The number of sulfonamides is 2. The summed E-state index contributed by atoms with van der Waals surface area (Å²) >= 11 is 0. The van der Waals surface area contributed by atoms with Gasteiger partial charge in [-0.2, -0.15) is 0 Å². The maximum absolute atomic E-state index is 13.9. The molecular formula is C33H31N3O6S2. The summed E-state index contributed by atoms with van der Waals surface area (Å²) in [4.78, 5) is 10.0. The molecule has 0 saturated heterocycles. The lowest BCUT2D eigenvalue weighted by molar-refractivity contribution is 0.0495. The number of benzene rings is 4. The van der Waals surface area contributed by atoms with E-state index in [-0.39, 0.29) is 16.2 Å². The third kappa shape index (κ3) is 7.13. The largest absolute Gasteiger partial charge is 0.497 e. The molecule has 5 aromatic rings. The maximum Gasteiger partial charge on any atom is 0.256 e. The number of pyridine rings is 1. The average molecular weight is 630 g/mol. The Labute approximate surface area is 257 Å². The third-order valence-electron chi connectivity index (χ3n) is 6.95. The van der Waals surface area contributed by atoms with E-state index in [2.05, 4.69) is 10.1 Å². The van der Waals surface area contributed by atoms with Crippen molar-refractivity contribution in [2.45, 2.75) is 28.7 Å². The van der Waals surface area contributed by atoms with Gasteiger partial charge in [0.05, 0.1) is 35.2 Å². The van der Waals surface area contributed by atoms with Crippen LogP contribution in [0.1, 0.15) is 17.5 Å². The molecule has 0 N–H and O–H groups in total. The van der Waals surface area contributed by atoms with Crippen LogP contribution in [0.2, 0.25) is 0 Å². The highest BCUT2D eigenvalue weighted by Crippen LogP contribution is 2.26. The summed E-state index contributed by atoms with van der Waals surface area (Å²) < 4.78 is 61.4. The Morgan fingerprint density at radius 2 is 1.39 bits per heavy atom. The Morgan fingerprint density at radius 1 is 0.773 bits per heavy atom. The van der Waals surface area contributed by atoms with E-state index in [1.807, 2.05) is 54.6 Å².